The molecule has 25 heavy (non-hydrogen) atoms. The van der Waals surface area contributed by atoms with Gasteiger partial charge in [-0.05, 0) is 29.9 Å². The molecule has 132 valence electrons. The molecule has 0 fully saturated rings. The number of nitrogens with two attached hydrogens (primary N) is 1. The summed E-state index contributed by atoms with van der Waals surface area (Å²) < 4.78 is 5.20. The van der Waals surface area contributed by atoms with Gasteiger partial charge in [0.1, 0.15) is 5.75 Å². The number of carbonyl (C=O) groups excluding carboxylic acids is 2. The third-order valence-electron chi connectivity index (χ3n) is 3.84. The summed E-state index contributed by atoms with van der Waals surface area (Å²) in [6, 6.07) is 17.1. The number of amides is 1. The highest BCUT2D eigenvalue weighted by molar-refractivity contribution is 7.99. The summed E-state index contributed by atoms with van der Waals surface area (Å²) in [5.74, 6) is 1.39. The van der Waals surface area contributed by atoms with E-state index in [1.54, 1.807) is 18.9 Å². The van der Waals surface area contributed by atoms with E-state index in [1.165, 1.54) is 0 Å². The van der Waals surface area contributed by atoms with E-state index in [1.807, 2.05) is 54.6 Å². The van der Waals surface area contributed by atoms with Crippen LogP contribution in [0.5, 0.6) is 5.75 Å². The lowest BCUT2D eigenvalue weighted by Crippen LogP contribution is -2.10. The van der Waals surface area contributed by atoms with Gasteiger partial charge in [-0.3, -0.25) is 9.59 Å². The molecule has 4 nitrogen and oxygen atoms in total. The fraction of sp³-hybridized carbons (Fsp3) is 0.300. The molecular weight excluding hydrogens is 334 g/mol. The summed E-state index contributed by atoms with van der Waals surface area (Å²) in [5.41, 5.74) is 6.99. The van der Waals surface area contributed by atoms with E-state index >= 15 is 0 Å². The van der Waals surface area contributed by atoms with E-state index in [-0.39, 0.29) is 16.9 Å². The zero-order valence-corrected chi connectivity index (χ0v) is 15.1. The molecule has 2 aromatic carbocycles. The summed E-state index contributed by atoms with van der Waals surface area (Å²) in [5, 5.41) is 0.0338. The molecule has 0 heterocycles. The molecule has 5 heteroatoms. The van der Waals surface area contributed by atoms with E-state index in [2.05, 4.69) is 0 Å². The summed E-state index contributed by atoms with van der Waals surface area (Å²) in [6.45, 7) is 0. The van der Waals surface area contributed by atoms with Crippen molar-refractivity contribution in [1.29, 1.82) is 0 Å². The van der Waals surface area contributed by atoms with Gasteiger partial charge in [-0.25, -0.2) is 0 Å². The number of carbonyl (C=O) groups is 2. The maximum Gasteiger partial charge on any atom is 0.217 e. The fourth-order valence-corrected chi connectivity index (χ4v) is 3.69. The van der Waals surface area contributed by atoms with E-state index < -0.39 is 0 Å². The zero-order valence-electron chi connectivity index (χ0n) is 14.3. The Morgan fingerprint density at radius 3 is 2.36 bits per heavy atom. The number of benzene rings is 2. The van der Waals surface area contributed by atoms with Gasteiger partial charge in [-0.1, -0.05) is 42.5 Å². The van der Waals surface area contributed by atoms with Crippen molar-refractivity contribution in [3.8, 4) is 5.75 Å². The van der Waals surface area contributed by atoms with Crippen LogP contribution in [0, 0.1) is 0 Å². The molecule has 1 unspecified atom stereocenters. The molecule has 2 aromatic rings. The Hall–Kier alpha value is -2.27. The van der Waals surface area contributed by atoms with Crippen LogP contribution < -0.4 is 10.5 Å². The van der Waals surface area contributed by atoms with Gasteiger partial charge in [-0.2, -0.15) is 11.8 Å². The quantitative estimate of drug-likeness (QED) is 0.515. The molecule has 0 aliphatic rings. The SMILES string of the molecule is COc1ccc(C(CC(=O)c2ccccc2)SCCCC(N)=O)cc1. The van der Waals surface area contributed by atoms with Crippen LogP contribution in [0.4, 0.5) is 0 Å². The summed E-state index contributed by atoms with van der Waals surface area (Å²) in [7, 11) is 1.63. The van der Waals surface area contributed by atoms with E-state index in [0.29, 0.717) is 19.3 Å². The Morgan fingerprint density at radius 2 is 1.76 bits per heavy atom. The lowest BCUT2D eigenvalue weighted by molar-refractivity contribution is -0.118. The minimum atomic E-state index is -0.290. The minimum Gasteiger partial charge on any atom is -0.497 e. The number of thioether (sulfide) groups is 1. The van der Waals surface area contributed by atoms with E-state index in [4.69, 9.17) is 10.5 Å². The molecule has 0 saturated heterocycles. The van der Waals surface area contributed by atoms with Crippen LogP contribution in [0.1, 0.15) is 40.4 Å². The highest BCUT2D eigenvalue weighted by atomic mass is 32.2. The Labute approximate surface area is 152 Å². The molecule has 0 aliphatic carbocycles. The van der Waals surface area contributed by atoms with Crippen LogP contribution in [0.15, 0.2) is 54.6 Å². The smallest absolute Gasteiger partial charge is 0.217 e. The number of methoxy groups -OCH3 is 1. The second kappa shape index (κ2) is 9.89. The maximum atomic E-state index is 12.6. The zero-order chi connectivity index (χ0) is 18.1. The van der Waals surface area contributed by atoms with Gasteiger partial charge >= 0.3 is 0 Å². The highest BCUT2D eigenvalue weighted by Gasteiger charge is 2.18. The summed E-state index contributed by atoms with van der Waals surface area (Å²) in [4.78, 5) is 23.5. The van der Waals surface area contributed by atoms with Crippen LogP contribution in [0.3, 0.4) is 0 Å². The van der Waals surface area contributed by atoms with Gasteiger partial charge in [0, 0.05) is 23.7 Å². The number of Topliss-reactive ketones (excluding diaryl/α,β-unsaturated/α-hetero) is 1. The molecule has 1 amide bonds. The Morgan fingerprint density at radius 1 is 1.08 bits per heavy atom. The van der Waals surface area contributed by atoms with Crippen LogP contribution in [-0.2, 0) is 4.79 Å². The topological polar surface area (TPSA) is 69.4 Å². The monoisotopic (exact) mass is 357 g/mol. The van der Waals surface area contributed by atoms with Crippen molar-refractivity contribution in [2.75, 3.05) is 12.9 Å². The average Bonchev–Trinajstić information content (AvgIpc) is 2.64. The van der Waals surface area contributed by atoms with E-state index in [9.17, 15) is 9.59 Å². The molecule has 0 spiro atoms. The summed E-state index contributed by atoms with van der Waals surface area (Å²) >= 11 is 1.68. The first-order valence-electron chi connectivity index (χ1n) is 8.22. The first-order chi connectivity index (χ1) is 12.1. The number of hydrogen-bond acceptors (Lipinski definition) is 4. The first-order valence-corrected chi connectivity index (χ1v) is 9.27. The maximum absolute atomic E-state index is 12.6. The molecule has 0 aromatic heterocycles. The number of ether oxygens (including phenoxy) is 1. The Bertz CT molecular complexity index is 686. The van der Waals surface area contributed by atoms with Gasteiger partial charge in [0.15, 0.2) is 5.78 Å². The fourth-order valence-electron chi connectivity index (χ4n) is 2.47. The minimum absolute atomic E-state index is 0.0338. The van der Waals surface area contributed by atoms with Crippen LogP contribution in [0.25, 0.3) is 0 Å². The molecule has 2 N–H and O–H groups in total. The predicted octanol–water partition coefficient (Wildman–Crippen LogP) is 4.01. The van der Waals surface area contributed by atoms with Crippen molar-refractivity contribution in [3.63, 3.8) is 0 Å². The number of ketones is 1. The molecule has 1 atom stereocenters. The number of rotatable bonds is 10. The van der Waals surface area contributed by atoms with Crippen molar-refractivity contribution in [3.05, 3.63) is 65.7 Å². The molecule has 2 rings (SSSR count). The molecule has 0 radical (unpaired) electrons. The van der Waals surface area contributed by atoms with Gasteiger partial charge < -0.3 is 10.5 Å². The largest absolute Gasteiger partial charge is 0.497 e. The second-order valence-electron chi connectivity index (χ2n) is 5.70. The van der Waals surface area contributed by atoms with Crippen LogP contribution in [-0.4, -0.2) is 24.6 Å². The van der Waals surface area contributed by atoms with Crippen molar-refractivity contribution >= 4 is 23.5 Å². The number of primary amides is 1. The average molecular weight is 357 g/mol. The lowest BCUT2D eigenvalue weighted by Gasteiger charge is -2.17. The van der Waals surface area contributed by atoms with Gasteiger partial charge in [0.05, 0.1) is 7.11 Å². The van der Waals surface area contributed by atoms with Crippen molar-refractivity contribution in [2.24, 2.45) is 5.73 Å². The van der Waals surface area contributed by atoms with Crippen LogP contribution in [0.2, 0.25) is 0 Å². The first kappa shape index (κ1) is 19.1. The van der Waals surface area contributed by atoms with Crippen LogP contribution >= 0.6 is 11.8 Å². The Balaban J connectivity index is 2.07. The van der Waals surface area contributed by atoms with Crippen molar-refractivity contribution in [2.45, 2.75) is 24.5 Å². The van der Waals surface area contributed by atoms with Gasteiger partial charge in [0.25, 0.3) is 0 Å². The lowest BCUT2D eigenvalue weighted by atomic mass is 10.0. The predicted molar refractivity (Wildman–Crippen MR) is 102 cm³/mol. The highest BCUT2D eigenvalue weighted by Crippen LogP contribution is 2.34. The van der Waals surface area contributed by atoms with E-state index in [0.717, 1.165) is 22.6 Å². The second-order valence-corrected chi connectivity index (χ2v) is 7.01. The molecule has 0 aliphatic heterocycles. The van der Waals surface area contributed by atoms with Gasteiger partial charge in [-0.15, -0.1) is 0 Å². The standard InChI is InChI=1S/C20H23NO3S/c1-24-17-11-9-16(10-12-17)19(25-13-5-8-20(21)23)14-18(22)15-6-3-2-4-7-15/h2-4,6-7,9-12,19H,5,8,13-14H2,1H3,(H2,21,23). The molecule has 0 saturated carbocycles. The van der Waals surface area contributed by atoms with Gasteiger partial charge in [0.2, 0.25) is 5.91 Å². The van der Waals surface area contributed by atoms with Crippen molar-refractivity contribution < 1.29 is 14.3 Å². The third-order valence-corrected chi connectivity index (χ3v) is 5.21. The molecular formula is C20H23NO3S. The van der Waals surface area contributed by atoms with Crippen molar-refractivity contribution in [1.82, 2.24) is 0 Å². The number of hydrogen-bond donors (Lipinski definition) is 1. The normalized spacial score (nSPS) is 11.7. The molecule has 0 bridgehead atoms. The third kappa shape index (κ3) is 6.27. The summed E-state index contributed by atoms with van der Waals surface area (Å²) in [6.07, 6.45) is 1.50. The Kier molecular flexibility index (Phi) is 7.54.